The summed E-state index contributed by atoms with van der Waals surface area (Å²) >= 11 is 3.21. The highest BCUT2D eigenvalue weighted by Gasteiger charge is 2.06. The molecule has 2 aromatic carbocycles. The van der Waals surface area contributed by atoms with Gasteiger partial charge in [0.1, 0.15) is 23.9 Å². The maximum absolute atomic E-state index is 13.3. The fourth-order valence-corrected chi connectivity index (χ4v) is 2.02. The van der Waals surface area contributed by atoms with Gasteiger partial charge in [-0.3, -0.25) is 0 Å². The minimum Gasteiger partial charge on any atom is -0.494 e. The van der Waals surface area contributed by atoms with Crippen molar-refractivity contribution in [2.45, 2.75) is 13.5 Å². The molecule has 2 aromatic rings. The summed E-state index contributed by atoms with van der Waals surface area (Å²) in [6.45, 7) is 2.84. The Hall–Kier alpha value is -1.55. The highest BCUT2D eigenvalue weighted by Crippen LogP contribution is 2.24. The molecule has 19 heavy (non-hydrogen) atoms. The summed E-state index contributed by atoms with van der Waals surface area (Å²) in [4.78, 5) is 0. The van der Waals surface area contributed by atoms with Crippen molar-refractivity contribution < 1.29 is 13.9 Å². The molecule has 0 spiro atoms. The van der Waals surface area contributed by atoms with Crippen LogP contribution in [0.25, 0.3) is 0 Å². The van der Waals surface area contributed by atoms with E-state index in [1.54, 1.807) is 6.07 Å². The first-order valence-corrected chi connectivity index (χ1v) is 6.78. The van der Waals surface area contributed by atoms with Crippen LogP contribution in [0.2, 0.25) is 0 Å². The van der Waals surface area contributed by atoms with Gasteiger partial charge in [0, 0.05) is 11.6 Å². The average Bonchev–Trinajstić information content (AvgIpc) is 2.41. The second-order valence-electron chi connectivity index (χ2n) is 3.91. The van der Waals surface area contributed by atoms with Gasteiger partial charge in [-0.05, 0) is 41.1 Å². The molecule has 0 atom stereocenters. The smallest absolute Gasteiger partial charge is 0.137 e. The Labute approximate surface area is 120 Å². The van der Waals surface area contributed by atoms with Crippen molar-refractivity contribution in [3.05, 3.63) is 58.3 Å². The predicted octanol–water partition coefficient (Wildman–Crippen LogP) is 4.57. The van der Waals surface area contributed by atoms with Crippen molar-refractivity contribution in [1.29, 1.82) is 0 Å². The molecule has 0 aliphatic carbocycles. The molecule has 0 bridgehead atoms. The molecule has 4 heteroatoms. The number of rotatable bonds is 5. The van der Waals surface area contributed by atoms with E-state index in [1.807, 2.05) is 37.3 Å². The minimum atomic E-state index is -0.288. The van der Waals surface area contributed by atoms with Crippen LogP contribution < -0.4 is 9.47 Å². The van der Waals surface area contributed by atoms with E-state index in [9.17, 15) is 4.39 Å². The Kier molecular flexibility index (Phi) is 4.80. The second kappa shape index (κ2) is 6.57. The Morgan fingerprint density at radius 2 is 1.74 bits per heavy atom. The van der Waals surface area contributed by atoms with Crippen molar-refractivity contribution in [2.24, 2.45) is 0 Å². The van der Waals surface area contributed by atoms with Gasteiger partial charge in [-0.15, -0.1) is 0 Å². The standard InChI is InChI=1S/C15H14BrFO2/c1-2-18-12-6-4-7-13(9-12)19-10-11-5-3-8-14(17)15(11)16/h3-9H,2,10H2,1H3. The SMILES string of the molecule is CCOc1cccc(OCc2cccc(F)c2Br)c1. The van der Waals surface area contributed by atoms with Gasteiger partial charge in [0.15, 0.2) is 0 Å². The van der Waals surface area contributed by atoms with Crippen LogP contribution in [-0.4, -0.2) is 6.61 Å². The number of hydrogen-bond donors (Lipinski definition) is 0. The molecule has 0 N–H and O–H groups in total. The van der Waals surface area contributed by atoms with Gasteiger partial charge in [-0.2, -0.15) is 0 Å². The summed E-state index contributed by atoms with van der Waals surface area (Å²) in [6, 6.07) is 12.3. The molecular weight excluding hydrogens is 311 g/mol. The van der Waals surface area contributed by atoms with Gasteiger partial charge in [-0.1, -0.05) is 18.2 Å². The Balaban J connectivity index is 2.06. The van der Waals surface area contributed by atoms with E-state index in [4.69, 9.17) is 9.47 Å². The summed E-state index contributed by atoms with van der Waals surface area (Å²) in [7, 11) is 0. The molecule has 0 unspecified atom stereocenters. The molecule has 0 amide bonds. The summed E-state index contributed by atoms with van der Waals surface area (Å²) in [5.74, 6) is 1.17. The Bertz CT molecular complexity index is 558. The topological polar surface area (TPSA) is 18.5 Å². The van der Waals surface area contributed by atoms with E-state index in [2.05, 4.69) is 15.9 Å². The lowest BCUT2D eigenvalue weighted by atomic mass is 10.2. The summed E-state index contributed by atoms with van der Waals surface area (Å²) in [6.07, 6.45) is 0. The van der Waals surface area contributed by atoms with Crippen LogP contribution in [0.5, 0.6) is 11.5 Å². The third-order valence-electron chi connectivity index (χ3n) is 2.54. The van der Waals surface area contributed by atoms with E-state index in [0.29, 0.717) is 23.4 Å². The largest absolute Gasteiger partial charge is 0.494 e. The lowest BCUT2D eigenvalue weighted by Gasteiger charge is -2.10. The number of halogens is 2. The Morgan fingerprint density at radius 1 is 1.05 bits per heavy atom. The van der Waals surface area contributed by atoms with Gasteiger partial charge < -0.3 is 9.47 Å². The van der Waals surface area contributed by atoms with Crippen LogP contribution >= 0.6 is 15.9 Å². The van der Waals surface area contributed by atoms with E-state index in [-0.39, 0.29) is 5.82 Å². The number of hydrogen-bond acceptors (Lipinski definition) is 2. The first-order valence-electron chi connectivity index (χ1n) is 5.99. The first-order chi connectivity index (χ1) is 9.20. The van der Waals surface area contributed by atoms with Crippen LogP contribution in [0.15, 0.2) is 46.9 Å². The van der Waals surface area contributed by atoms with Crippen LogP contribution in [0, 0.1) is 5.82 Å². The van der Waals surface area contributed by atoms with Gasteiger partial charge in [0.2, 0.25) is 0 Å². The molecule has 0 radical (unpaired) electrons. The lowest BCUT2D eigenvalue weighted by Crippen LogP contribution is -1.98. The second-order valence-corrected chi connectivity index (χ2v) is 4.70. The molecule has 0 aliphatic heterocycles. The quantitative estimate of drug-likeness (QED) is 0.802. The first kappa shape index (κ1) is 13.9. The normalized spacial score (nSPS) is 10.3. The van der Waals surface area contributed by atoms with Crippen molar-refractivity contribution in [1.82, 2.24) is 0 Å². The Morgan fingerprint density at radius 3 is 2.47 bits per heavy atom. The summed E-state index contributed by atoms with van der Waals surface area (Å²) < 4.78 is 24.8. The monoisotopic (exact) mass is 324 g/mol. The molecule has 0 fully saturated rings. The van der Waals surface area contributed by atoms with Crippen molar-refractivity contribution in [3.8, 4) is 11.5 Å². The maximum atomic E-state index is 13.3. The fraction of sp³-hybridized carbons (Fsp3) is 0.200. The average molecular weight is 325 g/mol. The van der Waals surface area contributed by atoms with E-state index < -0.39 is 0 Å². The van der Waals surface area contributed by atoms with Gasteiger partial charge >= 0.3 is 0 Å². The highest BCUT2D eigenvalue weighted by atomic mass is 79.9. The number of benzene rings is 2. The van der Waals surface area contributed by atoms with Crippen LogP contribution in [0.1, 0.15) is 12.5 Å². The van der Waals surface area contributed by atoms with Crippen LogP contribution in [-0.2, 0) is 6.61 Å². The maximum Gasteiger partial charge on any atom is 0.137 e. The number of ether oxygens (including phenoxy) is 2. The van der Waals surface area contributed by atoms with Crippen molar-refractivity contribution in [3.63, 3.8) is 0 Å². The molecule has 0 aromatic heterocycles. The zero-order chi connectivity index (χ0) is 13.7. The zero-order valence-corrected chi connectivity index (χ0v) is 12.1. The van der Waals surface area contributed by atoms with E-state index in [0.717, 1.165) is 11.3 Å². The summed E-state index contributed by atoms with van der Waals surface area (Å²) in [5, 5.41) is 0. The summed E-state index contributed by atoms with van der Waals surface area (Å²) in [5.41, 5.74) is 0.766. The van der Waals surface area contributed by atoms with Crippen LogP contribution in [0.4, 0.5) is 4.39 Å². The fourth-order valence-electron chi connectivity index (χ4n) is 1.64. The molecule has 0 saturated carbocycles. The van der Waals surface area contributed by atoms with E-state index >= 15 is 0 Å². The highest BCUT2D eigenvalue weighted by molar-refractivity contribution is 9.10. The van der Waals surface area contributed by atoms with Crippen molar-refractivity contribution >= 4 is 15.9 Å². The molecule has 2 rings (SSSR count). The third-order valence-corrected chi connectivity index (χ3v) is 3.43. The molecule has 0 heterocycles. The third kappa shape index (κ3) is 3.70. The molecule has 100 valence electrons. The van der Waals surface area contributed by atoms with Crippen LogP contribution in [0.3, 0.4) is 0 Å². The van der Waals surface area contributed by atoms with Crippen molar-refractivity contribution in [2.75, 3.05) is 6.61 Å². The van der Waals surface area contributed by atoms with E-state index in [1.165, 1.54) is 6.07 Å². The zero-order valence-electron chi connectivity index (χ0n) is 10.5. The molecule has 0 saturated heterocycles. The molecule has 0 aliphatic rings. The minimum absolute atomic E-state index is 0.288. The molecule has 2 nitrogen and oxygen atoms in total. The lowest BCUT2D eigenvalue weighted by molar-refractivity contribution is 0.298. The van der Waals surface area contributed by atoms with Gasteiger partial charge in [-0.25, -0.2) is 4.39 Å². The van der Waals surface area contributed by atoms with Gasteiger partial charge in [0.05, 0.1) is 11.1 Å². The predicted molar refractivity (Wildman–Crippen MR) is 76.0 cm³/mol. The molecular formula is C15H14BrFO2. The van der Waals surface area contributed by atoms with Gasteiger partial charge in [0.25, 0.3) is 0 Å².